The Balaban J connectivity index is 2.86. The lowest BCUT2D eigenvalue weighted by molar-refractivity contribution is 0.0795. The van der Waals surface area contributed by atoms with Gasteiger partial charge in [-0.1, -0.05) is 0 Å². The Labute approximate surface area is 81.9 Å². The van der Waals surface area contributed by atoms with E-state index >= 15 is 0 Å². The molecule has 0 spiro atoms. The molecule has 0 heterocycles. The summed E-state index contributed by atoms with van der Waals surface area (Å²) < 4.78 is 0. The van der Waals surface area contributed by atoms with Crippen molar-refractivity contribution in [2.24, 2.45) is 5.84 Å². The zero-order chi connectivity index (χ0) is 9.84. The Morgan fingerprint density at radius 2 is 1.92 bits per heavy atom. The van der Waals surface area contributed by atoms with Crippen LogP contribution >= 0.6 is 11.8 Å². The van der Waals surface area contributed by atoms with Gasteiger partial charge in [0.15, 0.2) is 0 Å². The highest BCUT2D eigenvalue weighted by Crippen LogP contribution is 2.15. The molecule has 0 fully saturated rings. The largest absolute Gasteiger partial charge is 0.280 e. The molecular formula is C9H12N2OS. The van der Waals surface area contributed by atoms with Crippen LogP contribution in [0, 0.1) is 0 Å². The number of carbonyl (C=O) groups excluding carboxylic acids is 1. The number of carbonyl (C=O) groups is 1. The van der Waals surface area contributed by atoms with E-state index in [-0.39, 0.29) is 5.91 Å². The van der Waals surface area contributed by atoms with Crippen molar-refractivity contribution in [1.82, 2.24) is 5.01 Å². The van der Waals surface area contributed by atoms with E-state index in [9.17, 15) is 4.79 Å². The van der Waals surface area contributed by atoms with Crippen molar-refractivity contribution >= 4 is 17.7 Å². The summed E-state index contributed by atoms with van der Waals surface area (Å²) in [6, 6.07) is 7.36. The van der Waals surface area contributed by atoms with Gasteiger partial charge < -0.3 is 0 Å². The van der Waals surface area contributed by atoms with Crippen LogP contribution in [0.2, 0.25) is 0 Å². The van der Waals surface area contributed by atoms with Crippen LogP contribution in [0.15, 0.2) is 29.2 Å². The van der Waals surface area contributed by atoms with Crippen LogP contribution in [-0.2, 0) is 0 Å². The van der Waals surface area contributed by atoms with Crippen LogP contribution in [0.25, 0.3) is 0 Å². The average molecular weight is 196 g/mol. The monoisotopic (exact) mass is 196 g/mol. The lowest BCUT2D eigenvalue weighted by atomic mass is 10.2. The van der Waals surface area contributed by atoms with Crippen molar-refractivity contribution in [2.75, 3.05) is 13.3 Å². The molecule has 1 aromatic rings. The van der Waals surface area contributed by atoms with Crippen molar-refractivity contribution < 1.29 is 4.79 Å². The summed E-state index contributed by atoms with van der Waals surface area (Å²) in [5, 5.41) is 1.08. The van der Waals surface area contributed by atoms with E-state index in [0.717, 1.165) is 9.90 Å². The number of hydrogen-bond acceptors (Lipinski definition) is 3. The van der Waals surface area contributed by atoms with Gasteiger partial charge in [0.2, 0.25) is 0 Å². The molecule has 1 amide bonds. The molecule has 0 unspecified atom stereocenters. The molecule has 0 aromatic heterocycles. The highest BCUT2D eigenvalue weighted by Gasteiger charge is 2.06. The number of benzene rings is 1. The summed E-state index contributed by atoms with van der Waals surface area (Å²) >= 11 is 1.64. The molecule has 0 saturated heterocycles. The molecular weight excluding hydrogens is 184 g/mol. The lowest BCUT2D eigenvalue weighted by Gasteiger charge is -2.09. The van der Waals surface area contributed by atoms with Gasteiger partial charge in [0.25, 0.3) is 5.91 Å². The lowest BCUT2D eigenvalue weighted by Crippen LogP contribution is -2.32. The van der Waals surface area contributed by atoms with E-state index in [4.69, 9.17) is 5.84 Å². The number of nitrogens with two attached hydrogens (primary N) is 1. The Morgan fingerprint density at radius 1 is 1.38 bits per heavy atom. The van der Waals surface area contributed by atoms with Crippen LogP contribution in [0.3, 0.4) is 0 Å². The zero-order valence-electron chi connectivity index (χ0n) is 7.65. The van der Waals surface area contributed by atoms with Crippen LogP contribution in [0.4, 0.5) is 0 Å². The van der Waals surface area contributed by atoms with E-state index in [2.05, 4.69) is 0 Å². The summed E-state index contributed by atoms with van der Waals surface area (Å²) in [5.41, 5.74) is 0.614. The minimum absolute atomic E-state index is 0.173. The maximum Gasteiger partial charge on any atom is 0.267 e. The Hall–Kier alpha value is -1.00. The van der Waals surface area contributed by atoms with Crippen molar-refractivity contribution in [2.45, 2.75) is 4.90 Å². The second kappa shape index (κ2) is 4.30. The smallest absolute Gasteiger partial charge is 0.267 e. The minimum Gasteiger partial charge on any atom is -0.280 e. The van der Waals surface area contributed by atoms with Gasteiger partial charge in [0.05, 0.1) is 0 Å². The number of nitrogens with zero attached hydrogens (tertiary/aromatic N) is 1. The maximum atomic E-state index is 11.3. The van der Waals surface area contributed by atoms with Gasteiger partial charge in [-0.15, -0.1) is 11.8 Å². The summed E-state index contributed by atoms with van der Waals surface area (Å²) in [7, 11) is 1.53. The molecule has 0 aliphatic rings. The van der Waals surface area contributed by atoms with E-state index in [0.29, 0.717) is 5.56 Å². The molecule has 4 heteroatoms. The van der Waals surface area contributed by atoms with Crippen molar-refractivity contribution in [3.8, 4) is 0 Å². The van der Waals surface area contributed by atoms with Crippen LogP contribution in [-0.4, -0.2) is 24.2 Å². The third-order valence-electron chi connectivity index (χ3n) is 1.66. The second-order valence-corrected chi connectivity index (χ2v) is 3.52. The first-order chi connectivity index (χ1) is 6.15. The van der Waals surface area contributed by atoms with Gasteiger partial charge in [0.1, 0.15) is 0 Å². The molecule has 0 atom stereocenters. The molecule has 0 bridgehead atoms. The average Bonchev–Trinajstić information content (AvgIpc) is 2.17. The van der Waals surface area contributed by atoms with Gasteiger partial charge in [-0.3, -0.25) is 9.80 Å². The number of rotatable bonds is 2. The molecule has 1 rings (SSSR count). The summed E-state index contributed by atoms with van der Waals surface area (Å²) in [6.07, 6.45) is 1.99. The third-order valence-corrected chi connectivity index (χ3v) is 2.40. The molecule has 0 aliphatic heterocycles. The molecule has 70 valence electrons. The third kappa shape index (κ3) is 2.47. The first kappa shape index (κ1) is 10.1. The predicted octanol–water partition coefficient (Wildman–Crippen LogP) is 1.35. The SMILES string of the molecule is CSc1ccc(C(=O)N(C)N)cc1. The van der Waals surface area contributed by atoms with Gasteiger partial charge in [0, 0.05) is 17.5 Å². The highest BCUT2D eigenvalue weighted by atomic mass is 32.2. The van der Waals surface area contributed by atoms with Crippen molar-refractivity contribution in [1.29, 1.82) is 0 Å². The quantitative estimate of drug-likeness (QED) is 0.336. The molecule has 0 saturated carbocycles. The van der Waals surface area contributed by atoms with Crippen LogP contribution in [0.5, 0.6) is 0 Å². The Bertz CT molecular complexity index is 295. The number of thioether (sulfide) groups is 1. The molecule has 13 heavy (non-hydrogen) atoms. The molecule has 3 nitrogen and oxygen atoms in total. The van der Waals surface area contributed by atoms with E-state index in [1.54, 1.807) is 23.9 Å². The van der Waals surface area contributed by atoms with E-state index in [1.807, 2.05) is 18.4 Å². The summed E-state index contributed by atoms with van der Waals surface area (Å²) in [6.45, 7) is 0. The zero-order valence-corrected chi connectivity index (χ0v) is 8.47. The van der Waals surface area contributed by atoms with E-state index in [1.165, 1.54) is 7.05 Å². The van der Waals surface area contributed by atoms with Gasteiger partial charge >= 0.3 is 0 Å². The molecule has 0 aliphatic carbocycles. The van der Waals surface area contributed by atoms with Gasteiger partial charge in [-0.25, -0.2) is 5.84 Å². The number of hydrogen-bond donors (Lipinski definition) is 1. The topological polar surface area (TPSA) is 46.3 Å². The Kier molecular flexibility index (Phi) is 3.33. The van der Waals surface area contributed by atoms with Crippen LogP contribution < -0.4 is 5.84 Å². The van der Waals surface area contributed by atoms with Crippen molar-refractivity contribution in [3.63, 3.8) is 0 Å². The van der Waals surface area contributed by atoms with Gasteiger partial charge in [-0.2, -0.15) is 0 Å². The standard InChI is InChI=1S/C9H12N2OS/c1-11(10)9(12)7-3-5-8(13-2)6-4-7/h3-6H,10H2,1-2H3. The van der Waals surface area contributed by atoms with Gasteiger partial charge in [-0.05, 0) is 30.5 Å². The molecule has 2 N–H and O–H groups in total. The summed E-state index contributed by atoms with van der Waals surface area (Å²) in [4.78, 5) is 12.5. The predicted molar refractivity (Wildman–Crippen MR) is 54.5 cm³/mol. The molecule has 1 aromatic carbocycles. The number of hydrazine groups is 1. The second-order valence-electron chi connectivity index (χ2n) is 2.64. The van der Waals surface area contributed by atoms with E-state index < -0.39 is 0 Å². The Morgan fingerprint density at radius 3 is 2.31 bits per heavy atom. The fourth-order valence-corrected chi connectivity index (χ4v) is 1.35. The fraction of sp³-hybridized carbons (Fsp3) is 0.222. The van der Waals surface area contributed by atoms with Crippen molar-refractivity contribution in [3.05, 3.63) is 29.8 Å². The fourth-order valence-electron chi connectivity index (χ4n) is 0.937. The highest BCUT2D eigenvalue weighted by molar-refractivity contribution is 7.98. The normalized spacial score (nSPS) is 9.77. The number of amides is 1. The minimum atomic E-state index is -0.173. The summed E-state index contributed by atoms with van der Waals surface area (Å²) in [5.74, 6) is 5.14. The van der Waals surface area contributed by atoms with Crippen LogP contribution in [0.1, 0.15) is 10.4 Å². The molecule has 0 radical (unpaired) electrons. The maximum absolute atomic E-state index is 11.3. The first-order valence-corrected chi connectivity index (χ1v) is 5.04. The first-order valence-electron chi connectivity index (χ1n) is 3.82.